The van der Waals surface area contributed by atoms with Gasteiger partial charge in [-0.25, -0.2) is 0 Å². The van der Waals surface area contributed by atoms with Crippen LogP contribution in [0.5, 0.6) is 11.5 Å². The van der Waals surface area contributed by atoms with Crippen LogP contribution in [0.2, 0.25) is 0 Å². The van der Waals surface area contributed by atoms with E-state index in [1.54, 1.807) is 24.3 Å². The van der Waals surface area contributed by atoms with Crippen LogP contribution in [0.1, 0.15) is 12.8 Å². The first-order chi connectivity index (χ1) is 14.5. The van der Waals surface area contributed by atoms with Gasteiger partial charge < -0.3 is 22.9 Å². The van der Waals surface area contributed by atoms with E-state index in [0.29, 0.717) is 46.7 Å². The van der Waals surface area contributed by atoms with Crippen LogP contribution in [0.25, 0.3) is 21.9 Å². The highest BCUT2D eigenvalue weighted by Gasteiger charge is 2.12. The molecule has 0 radical (unpaired) electrons. The molecule has 6 heteroatoms. The average Bonchev–Trinajstić information content (AvgIpc) is 2.68. The molecule has 0 saturated heterocycles. The molecule has 6 nitrogen and oxygen atoms in total. The fourth-order valence-corrected chi connectivity index (χ4v) is 3.45. The van der Waals surface area contributed by atoms with E-state index in [2.05, 4.69) is 42.3 Å². The topological polar surface area (TPSA) is 48.7 Å². The molecule has 3 aromatic rings. The first-order valence-electron chi connectivity index (χ1n) is 10.9. The molecule has 0 fully saturated rings. The minimum atomic E-state index is -0.0649. The maximum Gasteiger partial charge on any atom is 0.200 e. The summed E-state index contributed by atoms with van der Waals surface area (Å²) in [6.07, 6.45) is 1.89. The van der Waals surface area contributed by atoms with E-state index in [-0.39, 0.29) is 5.43 Å². The van der Waals surface area contributed by atoms with Gasteiger partial charge in [0, 0.05) is 12.8 Å². The monoisotopic (exact) mass is 428 g/mol. The number of benzene rings is 2. The van der Waals surface area contributed by atoms with Crippen molar-refractivity contribution in [2.75, 3.05) is 68.6 Å². The van der Waals surface area contributed by atoms with Crippen LogP contribution in [0.3, 0.4) is 0 Å². The SMILES string of the molecule is C[N+](C)(C)CCCOc1ccc2oc3ccc(OCCC[N+](C)(C)C)cc3c(=O)c2c1. The van der Waals surface area contributed by atoms with Gasteiger partial charge in [0.1, 0.15) is 22.7 Å². The van der Waals surface area contributed by atoms with Gasteiger partial charge in [0.25, 0.3) is 0 Å². The Morgan fingerprint density at radius 1 is 0.710 bits per heavy atom. The van der Waals surface area contributed by atoms with Gasteiger partial charge in [-0.1, -0.05) is 0 Å². The van der Waals surface area contributed by atoms with Gasteiger partial charge in [0.2, 0.25) is 5.43 Å². The molecular weight excluding hydrogens is 392 g/mol. The Morgan fingerprint density at radius 2 is 1.13 bits per heavy atom. The Labute approximate surface area is 184 Å². The van der Waals surface area contributed by atoms with Crippen molar-refractivity contribution >= 4 is 21.9 Å². The molecule has 0 aliphatic rings. The van der Waals surface area contributed by atoms with Crippen molar-refractivity contribution in [3.8, 4) is 11.5 Å². The maximum absolute atomic E-state index is 13.1. The smallest absolute Gasteiger partial charge is 0.200 e. The van der Waals surface area contributed by atoms with E-state index in [1.807, 2.05) is 12.1 Å². The molecule has 0 bridgehead atoms. The number of rotatable bonds is 10. The van der Waals surface area contributed by atoms with Crippen LogP contribution >= 0.6 is 0 Å². The lowest BCUT2D eigenvalue weighted by atomic mass is 10.1. The standard InChI is InChI=1S/C25H36N2O4/c1-26(2,3)13-7-15-29-19-9-11-23-21(17-19)25(28)22-18-20(10-12-24(22)31-23)30-16-8-14-27(4,5)6/h9-12,17-18H,7-8,13-16H2,1-6H3/q+2. The summed E-state index contributed by atoms with van der Waals surface area (Å²) < 4.78 is 19.5. The summed E-state index contributed by atoms with van der Waals surface area (Å²) in [5.41, 5.74) is 1.06. The molecule has 1 heterocycles. The highest BCUT2D eigenvalue weighted by Crippen LogP contribution is 2.25. The van der Waals surface area contributed by atoms with E-state index < -0.39 is 0 Å². The second kappa shape index (κ2) is 9.28. The summed E-state index contributed by atoms with van der Waals surface area (Å²) in [7, 11) is 13.0. The number of nitrogens with zero attached hydrogens (tertiary/aromatic N) is 2. The zero-order valence-corrected chi connectivity index (χ0v) is 19.7. The van der Waals surface area contributed by atoms with Crippen molar-refractivity contribution in [3.05, 3.63) is 46.6 Å². The second-order valence-electron chi connectivity index (χ2n) is 10.2. The van der Waals surface area contributed by atoms with Gasteiger partial charge in [0.15, 0.2) is 0 Å². The Balaban J connectivity index is 1.76. The molecule has 0 unspecified atom stereocenters. The van der Waals surface area contributed by atoms with Crippen LogP contribution in [-0.4, -0.2) is 77.6 Å². The van der Waals surface area contributed by atoms with Gasteiger partial charge in [-0.05, 0) is 36.4 Å². The van der Waals surface area contributed by atoms with Crippen molar-refractivity contribution in [3.63, 3.8) is 0 Å². The molecule has 2 aromatic carbocycles. The fraction of sp³-hybridized carbons (Fsp3) is 0.480. The van der Waals surface area contributed by atoms with Gasteiger partial charge in [-0.2, -0.15) is 0 Å². The zero-order valence-electron chi connectivity index (χ0n) is 19.7. The van der Waals surface area contributed by atoms with E-state index in [1.165, 1.54) is 0 Å². The van der Waals surface area contributed by atoms with Crippen molar-refractivity contribution in [2.24, 2.45) is 0 Å². The quantitative estimate of drug-likeness (QED) is 0.279. The van der Waals surface area contributed by atoms with Crippen molar-refractivity contribution in [2.45, 2.75) is 12.8 Å². The van der Waals surface area contributed by atoms with E-state index in [0.717, 1.165) is 34.9 Å². The lowest BCUT2D eigenvalue weighted by Gasteiger charge is -2.23. The molecule has 0 saturated carbocycles. The van der Waals surface area contributed by atoms with E-state index in [4.69, 9.17) is 13.9 Å². The number of quaternary nitrogens is 2. The van der Waals surface area contributed by atoms with Crippen LogP contribution in [0.4, 0.5) is 0 Å². The predicted molar refractivity (Wildman–Crippen MR) is 126 cm³/mol. The Bertz CT molecular complexity index is 1010. The summed E-state index contributed by atoms with van der Waals surface area (Å²) in [6.45, 7) is 3.28. The van der Waals surface area contributed by atoms with Gasteiger partial charge in [-0.15, -0.1) is 0 Å². The predicted octanol–water partition coefficient (Wildman–Crippen LogP) is 3.90. The van der Waals surface area contributed by atoms with E-state index >= 15 is 0 Å². The van der Waals surface area contributed by atoms with Crippen LogP contribution in [-0.2, 0) is 0 Å². The summed E-state index contributed by atoms with van der Waals surface area (Å²) >= 11 is 0. The summed E-state index contributed by atoms with van der Waals surface area (Å²) in [5.74, 6) is 1.38. The highest BCUT2D eigenvalue weighted by molar-refractivity contribution is 5.90. The van der Waals surface area contributed by atoms with Crippen LogP contribution in [0.15, 0.2) is 45.6 Å². The molecule has 168 valence electrons. The molecular formula is C25H36N2O4+2. The third-order valence-corrected chi connectivity index (χ3v) is 5.10. The first-order valence-corrected chi connectivity index (χ1v) is 10.9. The number of hydrogen-bond donors (Lipinski definition) is 0. The average molecular weight is 429 g/mol. The largest absolute Gasteiger partial charge is 0.493 e. The fourth-order valence-electron chi connectivity index (χ4n) is 3.45. The normalized spacial score (nSPS) is 12.5. The second-order valence-corrected chi connectivity index (χ2v) is 10.2. The molecule has 0 aliphatic heterocycles. The third-order valence-electron chi connectivity index (χ3n) is 5.10. The molecule has 31 heavy (non-hydrogen) atoms. The molecule has 0 amide bonds. The lowest BCUT2D eigenvalue weighted by molar-refractivity contribution is -0.870. The Kier molecular flexibility index (Phi) is 6.92. The summed E-state index contributed by atoms with van der Waals surface area (Å²) in [4.78, 5) is 13.1. The number of hydrogen-bond acceptors (Lipinski definition) is 4. The van der Waals surface area contributed by atoms with Crippen molar-refractivity contribution < 1.29 is 22.9 Å². The summed E-state index contributed by atoms with van der Waals surface area (Å²) in [6, 6.07) is 10.9. The van der Waals surface area contributed by atoms with Crippen molar-refractivity contribution in [1.29, 1.82) is 0 Å². The molecule has 3 rings (SSSR count). The van der Waals surface area contributed by atoms with E-state index in [9.17, 15) is 4.79 Å². The van der Waals surface area contributed by atoms with Gasteiger partial charge >= 0.3 is 0 Å². The number of fused-ring (bicyclic) bond motifs is 2. The number of ether oxygens (including phenoxy) is 2. The van der Waals surface area contributed by atoms with Gasteiger partial charge in [-0.3, -0.25) is 4.79 Å². The Hall–Kier alpha value is -2.57. The van der Waals surface area contributed by atoms with Crippen molar-refractivity contribution in [1.82, 2.24) is 0 Å². The molecule has 0 atom stereocenters. The zero-order chi connectivity index (χ0) is 22.6. The lowest BCUT2D eigenvalue weighted by Crippen LogP contribution is -2.36. The molecule has 0 N–H and O–H groups in total. The minimum absolute atomic E-state index is 0.0649. The Morgan fingerprint density at radius 3 is 1.52 bits per heavy atom. The third kappa shape index (κ3) is 6.71. The highest BCUT2D eigenvalue weighted by atomic mass is 16.5. The van der Waals surface area contributed by atoms with Gasteiger partial charge in [0.05, 0.1) is 79.4 Å². The first kappa shape index (κ1) is 23.1. The molecule has 0 spiro atoms. The molecule has 0 aliphatic carbocycles. The molecule has 1 aromatic heterocycles. The van der Waals surface area contributed by atoms with Crippen LogP contribution in [0, 0.1) is 0 Å². The minimum Gasteiger partial charge on any atom is -0.493 e. The summed E-state index contributed by atoms with van der Waals surface area (Å²) in [5, 5.41) is 1.05. The maximum atomic E-state index is 13.1. The van der Waals surface area contributed by atoms with Crippen LogP contribution < -0.4 is 14.9 Å².